The van der Waals surface area contributed by atoms with E-state index in [-0.39, 0.29) is 42.2 Å². The molecule has 5 rings (SSSR count). The molecule has 9 heteroatoms. The van der Waals surface area contributed by atoms with Crippen molar-refractivity contribution in [2.45, 2.75) is 69.6 Å². The maximum Gasteiger partial charge on any atom is 0.257 e. The third-order valence-electron chi connectivity index (χ3n) is 8.08. The first-order valence-electron chi connectivity index (χ1n) is 13.9. The van der Waals surface area contributed by atoms with E-state index in [2.05, 4.69) is 10.6 Å². The molecular formula is C30H36FN3O5. The number of likely N-dealkylation sites (N-methyl/N-ethyl adjacent to an activating group) is 1. The van der Waals surface area contributed by atoms with Crippen molar-refractivity contribution in [3.8, 4) is 5.75 Å². The normalized spacial score (nSPS) is 23.5. The highest BCUT2D eigenvalue weighted by Gasteiger charge is 2.39. The Balaban J connectivity index is 1.21. The summed E-state index contributed by atoms with van der Waals surface area (Å²) in [6, 6.07) is 10.1. The van der Waals surface area contributed by atoms with Crippen molar-refractivity contribution >= 4 is 23.4 Å². The van der Waals surface area contributed by atoms with Crippen LogP contribution in [0.1, 0.15) is 72.1 Å². The molecule has 2 aromatic carbocycles. The number of hydrogen-bond donors (Lipinski definition) is 2. The summed E-state index contributed by atoms with van der Waals surface area (Å²) in [5.74, 6) is -0.236. The van der Waals surface area contributed by atoms with Crippen molar-refractivity contribution in [3.05, 3.63) is 59.4 Å². The molecule has 0 aromatic heterocycles. The summed E-state index contributed by atoms with van der Waals surface area (Å²) in [6.07, 6.45) is 7.25. The number of carbonyl (C=O) groups is 3. The van der Waals surface area contributed by atoms with Gasteiger partial charge in [0.1, 0.15) is 24.3 Å². The molecule has 2 heterocycles. The minimum absolute atomic E-state index is 0.0124. The van der Waals surface area contributed by atoms with E-state index >= 15 is 0 Å². The quantitative estimate of drug-likeness (QED) is 0.564. The van der Waals surface area contributed by atoms with Crippen molar-refractivity contribution < 1.29 is 28.2 Å². The molecule has 2 N–H and O–H groups in total. The van der Waals surface area contributed by atoms with Crippen molar-refractivity contribution in [2.24, 2.45) is 5.92 Å². The average Bonchev–Trinajstić information content (AvgIpc) is 2.94. The Bertz CT molecular complexity index is 1210. The maximum atomic E-state index is 13.5. The van der Waals surface area contributed by atoms with Crippen LogP contribution in [0, 0.1) is 11.7 Å². The van der Waals surface area contributed by atoms with Gasteiger partial charge >= 0.3 is 0 Å². The Morgan fingerprint density at radius 1 is 1.05 bits per heavy atom. The van der Waals surface area contributed by atoms with Crippen molar-refractivity contribution in [3.63, 3.8) is 0 Å². The SMILES string of the molecule is CN1C(=O)c2cc(NC(=O)c3cccc(F)c3)ccc2OC[C@H]2O[C@H](CC(=O)NCC3CCCCC3)CC[C@H]21. The molecule has 0 spiro atoms. The Labute approximate surface area is 228 Å². The summed E-state index contributed by atoms with van der Waals surface area (Å²) in [5, 5.41) is 5.82. The van der Waals surface area contributed by atoms with Crippen molar-refractivity contribution in [1.82, 2.24) is 10.2 Å². The zero-order valence-electron chi connectivity index (χ0n) is 22.3. The zero-order chi connectivity index (χ0) is 27.4. The first-order valence-corrected chi connectivity index (χ1v) is 13.9. The maximum absolute atomic E-state index is 13.5. The van der Waals surface area contributed by atoms with E-state index in [1.54, 1.807) is 30.1 Å². The van der Waals surface area contributed by atoms with Gasteiger partial charge in [-0.1, -0.05) is 25.3 Å². The number of nitrogens with zero attached hydrogens (tertiary/aromatic N) is 1. The number of halogens is 1. The monoisotopic (exact) mass is 537 g/mol. The number of nitrogens with one attached hydrogen (secondary N) is 2. The molecule has 3 amide bonds. The van der Waals surface area contributed by atoms with Gasteiger partial charge in [0.2, 0.25) is 5.91 Å². The van der Waals surface area contributed by atoms with E-state index in [1.165, 1.54) is 50.3 Å². The first-order chi connectivity index (χ1) is 18.9. The smallest absolute Gasteiger partial charge is 0.257 e. The fourth-order valence-electron chi connectivity index (χ4n) is 5.87. The summed E-state index contributed by atoms with van der Waals surface area (Å²) in [5.41, 5.74) is 0.919. The highest BCUT2D eigenvalue weighted by atomic mass is 19.1. The summed E-state index contributed by atoms with van der Waals surface area (Å²) >= 11 is 0. The second-order valence-electron chi connectivity index (χ2n) is 10.9. The number of hydrogen-bond acceptors (Lipinski definition) is 5. The molecule has 2 fully saturated rings. The third-order valence-corrected chi connectivity index (χ3v) is 8.08. The molecule has 39 heavy (non-hydrogen) atoms. The van der Waals surface area contributed by atoms with Gasteiger partial charge < -0.3 is 25.0 Å². The fraction of sp³-hybridized carbons (Fsp3) is 0.500. The van der Waals surface area contributed by atoms with Gasteiger partial charge in [0.25, 0.3) is 11.8 Å². The lowest BCUT2D eigenvalue weighted by molar-refractivity contribution is -0.134. The highest BCUT2D eigenvalue weighted by molar-refractivity contribution is 6.05. The third kappa shape index (κ3) is 6.58. The van der Waals surface area contributed by atoms with Gasteiger partial charge in [-0.15, -0.1) is 0 Å². The van der Waals surface area contributed by atoms with Gasteiger partial charge in [-0.3, -0.25) is 14.4 Å². The van der Waals surface area contributed by atoms with Crippen LogP contribution in [0.2, 0.25) is 0 Å². The van der Waals surface area contributed by atoms with Crippen molar-refractivity contribution in [1.29, 1.82) is 0 Å². The highest BCUT2D eigenvalue weighted by Crippen LogP contribution is 2.33. The molecule has 1 aliphatic carbocycles. The van der Waals surface area contributed by atoms with Gasteiger partial charge in [0, 0.05) is 24.8 Å². The van der Waals surface area contributed by atoms with Gasteiger partial charge in [-0.25, -0.2) is 4.39 Å². The molecule has 1 saturated heterocycles. The predicted molar refractivity (Wildman–Crippen MR) is 144 cm³/mol. The van der Waals surface area contributed by atoms with Gasteiger partial charge in [-0.2, -0.15) is 0 Å². The summed E-state index contributed by atoms with van der Waals surface area (Å²) < 4.78 is 25.8. The molecule has 0 bridgehead atoms. The lowest BCUT2D eigenvalue weighted by Gasteiger charge is -2.42. The summed E-state index contributed by atoms with van der Waals surface area (Å²) in [7, 11) is 1.74. The van der Waals surface area contributed by atoms with E-state index in [1.807, 2.05) is 0 Å². The van der Waals surface area contributed by atoms with Gasteiger partial charge in [0.05, 0.1) is 24.1 Å². The van der Waals surface area contributed by atoms with Gasteiger partial charge in [0.15, 0.2) is 0 Å². The van der Waals surface area contributed by atoms with Crippen molar-refractivity contribution in [2.75, 3.05) is 25.5 Å². The molecule has 208 valence electrons. The molecule has 3 atom stereocenters. The number of fused-ring (bicyclic) bond motifs is 2. The Kier molecular flexibility index (Phi) is 8.45. The summed E-state index contributed by atoms with van der Waals surface area (Å²) in [6.45, 7) is 0.976. The second kappa shape index (κ2) is 12.2. The first kappa shape index (κ1) is 27.1. The number of ether oxygens (including phenoxy) is 2. The predicted octanol–water partition coefficient (Wildman–Crippen LogP) is 4.55. The van der Waals surface area contributed by atoms with E-state index in [0.717, 1.165) is 12.6 Å². The Morgan fingerprint density at radius 2 is 1.87 bits per heavy atom. The standard InChI is InChI=1S/C30H36FN3O5/c1-34-25-12-11-23(16-28(35)32-17-19-6-3-2-4-7-19)39-27(25)18-38-26-13-10-22(15-24(26)30(34)37)33-29(36)20-8-5-9-21(31)14-20/h5,8-10,13-15,19,23,25,27H,2-4,6-7,11-12,16-18H2,1H3,(H,32,35)(H,33,36)/t23-,25+,27+/m0/s1. The van der Waals surface area contributed by atoms with Crippen LogP contribution in [0.15, 0.2) is 42.5 Å². The van der Waals surface area contributed by atoms with E-state index in [0.29, 0.717) is 42.2 Å². The van der Waals surface area contributed by atoms with Crippen LogP contribution in [0.4, 0.5) is 10.1 Å². The van der Waals surface area contributed by atoms with Crippen LogP contribution in [-0.4, -0.2) is 61.1 Å². The average molecular weight is 538 g/mol. The lowest BCUT2D eigenvalue weighted by atomic mass is 9.89. The lowest BCUT2D eigenvalue weighted by Crippen LogP contribution is -2.54. The van der Waals surface area contributed by atoms with Crippen LogP contribution in [0.3, 0.4) is 0 Å². The molecular weight excluding hydrogens is 501 g/mol. The van der Waals surface area contributed by atoms with E-state index in [4.69, 9.17) is 9.47 Å². The largest absolute Gasteiger partial charge is 0.490 e. The second-order valence-corrected chi connectivity index (χ2v) is 10.9. The Morgan fingerprint density at radius 3 is 2.67 bits per heavy atom. The van der Waals surface area contributed by atoms with Crippen LogP contribution in [0.5, 0.6) is 5.75 Å². The molecule has 3 aliphatic rings. The zero-order valence-corrected chi connectivity index (χ0v) is 22.3. The van der Waals surface area contributed by atoms with Crippen LogP contribution in [-0.2, 0) is 9.53 Å². The summed E-state index contributed by atoms with van der Waals surface area (Å²) in [4.78, 5) is 40.3. The molecule has 0 unspecified atom stereocenters. The van der Waals surface area contributed by atoms with E-state index < -0.39 is 11.7 Å². The number of carbonyl (C=O) groups excluding carboxylic acids is 3. The van der Waals surface area contributed by atoms with Crippen LogP contribution >= 0.6 is 0 Å². The van der Waals surface area contributed by atoms with E-state index in [9.17, 15) is 18.8 Å². The van der Waals surface area contributed by atoms with Gasteiger partial charge in [-0.05, 0) is 68.0 Å². The topological polar surface area (TPSA) is 97.0 Å². The number of benzene rings is 2. The molecule has 2 aliphatic heterocycles. The van der Waals surface area contributed by atoms with Crippen LogP contribution in [0.25, 0.3) is 0 Å². The molecule has 1 saturated carbocycles. The minimum atomic E-state index is -0.502. The Hall–Kier alpha value is -3.46. The number of rotatable bonds is 6. The fourth-order valence-corrected chi connectivity index (χ4v) is 5.87. The molecule has 0 radical (unpaired) electrons. The number of amides is 3. The molecule has 2 aromatic rings. The van der Waals surface area contributed by atoms with Crippen LogP contribution < -0.4 is 15.4 Å². The number of anilines is 1. The minimum Gasteiger partial charge on any atom is -0.490 e. The molecule has 8 nitrogen and oxygen atoms in total.